The molecular formula is C25H29N5O2S. The fourth-order valence-corrected chi connectivity index (χ4v) is 4.95. The zero-order chi connectivity index (χ0) is 23.4. The molecule has 0 unspecified atom stereocenters. The van der Waals surface area contributed by atoms with E-state index in [0.29, 0.717) is 24.0 Å². The highest BCUT2D eigenvalue weighted by atomic mass is 32.2. The lowest BCUT2D eigenvalue weighted by molar-refractivity contribution is -0.118. The number of hydrogen-bond donors (Lipinski definition) is 1. The van der Waals surface area contributed by atoms with Gasteiger partial charge in [0, 0.05) is 19.4 Å². The van der Waals surface area contributed by atoms with Crippen LogP contribution in [0.2, 0.25) is 0 Å². The molecule has 4 rings (SSSR count). The van der Waals surface area contributed by atoms with Gasteiger partial charge in [0.2, 0.25) is 11.8 Å². The standard InChI is InChI=1S/C25H29N5O2S/c1-17(2)15-29-23(14-13-22(26)31)27-28-25(29)33-16-24(32)30-20-9-5-3-7-18(20)11-12-19-8-4-6-10-21(19)30/h3-10,17H,11-16H2,1-2H3,(H2,26,31). The Labute approximate surface area is 198 Å². The van der Waals surface area contributed by atoms with Crippen LogP contribution in [-0.4, -0.2) is 32.3 Å². The quantitative estimate of drug-likeness (QED) is 0.511. The fourth-order valence-electron chi connectivity index (χ4n) is 4.13. The average molecular weight is 464 g/mol. The Kier molecular flexibility index (Phi) is 7.13. The molecular weight excluding hydrogens is 434 g/mol. The number of rotatable bonds is 8. The molecule has 33 heavy (non-hydrogen) atoms. The molecule has 3 aromatic rings. The van der Waals surface area contributed by atoms with Crippen LogP contribution in [0.15, 0.2) is 53.7 Å². The minimum atomic E-state index is -0.364. The summed E-state index contributed by atoms with van der Waals surface area (Å²) in [7, 11) is 0. The lowest BCUT2D eigenvalue weighted by Gasteiger charge is -2.25. The molecule has 1 aromatic heterocycles. The molecule has 1 aliphatic rings. The lowest BCUT2D eigenvalue weighted by Crippen LogP contribution is -2.28. The Bertz CT molecular complexity index is 1110. The van der Waals surface area contributed by atoms with Crippen LogP contribution >= 0.6 is 11.8 Å². The average Bonchev–Trinajstić information content (AvgIpc) is 3.07. The van der Waals surface area contributed by atoms with Gasteiger partial charge in [0.15, 0.2) is 5.16 Å². The van der Waals surface area contributed by atoms with Crippen LogP contribution < -0.4 is 10.6 Å². The molecule has 0 aliphatic carbocycles. The van der Waals surface area contributed by atoms with Crippen molar-refractivity contribution in [3.8, 4) is 0 Å². The van der Waals surface area contributed by atoms with Gasteiger partial charge in [0.1, 0.15) is 5.82 Å². The van der Waals surface area contributed by atoms with Crippen molar-refractivity contribution < 1.29 is 9.59 Å². The van der Waals surface area contributed by atoms with Crippen molar-refractivity contribution in [3.63, 3.8) is 0 Å². The normalized spacial score (nSPS) is 12.9. The first-order chi connectivity index (χ1) is 15.9. The van der Waals surface area contributed by atoms with Crippen molar-refractivity contribution in [1.82, 2.24) is 14.8 Å². The maximum atomic E-state index is 13.6. The van der Waals surface area contributed by atoms with Gasteiger partial charge >= 0.3 is 0 Å². The molecule has 172 valence electrons. The van der Waals surface area contributed by atoms with Gasteiger partial charge in [0.05, 0.1) is 17.1 Å². The van der Waals surface area contributed by atoms with Gasteiger partial charge in [-0.15, -0.1) is 10.2 Å². The van der Waals surface area contributed by atoms with Gasteiger partial charge in [-0.05, 0) is 42.0 Å². The molecule has 0 spiro atoms. The smallest absolute Gasteiger partial charge is 0.242 e. The van der Waals surface area contributed by atoms with Crippen LogP contribution in [0, 0.1) is 5.92 Å². The first-order valence-electron chi connectivity index (χ1n) is 11.3. The SMILES string of the molecule is CC(C)Cn1c(CCC(N)=O)nnc1SCC(=O)N1c2ccccc2CCc2ccccc21. The second-order valence-corrected chi connectivity index (χ2v) is 9.59. The number of amides is 2. The number of hydrogen-bond acceptors (Lipinski definition) is 5. The zero-order valence-corrected chi connectivity index (χ0v) is 19.8. The van der Waals surface area contributed by atoms with E-state index in [-0.39, 0.29) is 24.0 Å². The van der Waals surface area contributed by atoms with Crippen LogP contribution in [0.25, 0.3) is 0 Å². The number of thioether (sulfide) groups is 1. The molecule has 2 N–H and O–H groups in total. The molecule has 2 amide bonds. The van der Waals surface area contributed by atoms with E-state index in [1.165, 1.54) is 22.9 Å². The van der Waals surface area contributed by atoms with Crippen LogP contribution in [0.4, 0.5) is 11.4 Å². The number of para-hydroxylation sites is 2. The first-order valence-corrected chi connectivity index (χ1v) is 12.2. The van der Waals surface area contributed by atoms with E-state index < -0.39 is 0 Å². The van der Waals surface area contributed by atoms with Gasteiger partial charge in [0.25, 0.3) is 0 Å². The van der Waals surface area contributed by atoms with E-state index >= 15 is 0 Å². The molecule has 1 aliphatic heterocycles. The second kappa shape index (κ2) is 10.2. The summed E-state index contributed by atoms with van der Waals surface area (Å²) in [5.74, 6) is 0.960. The van der Waals surface area contributed by atoms with Crippen molar-refractivity contribution >= 4 is 35.0 Å². The Morgan fingerprint density at radius 1 is 1.00 bits per heavy atom. The molecule has 8 heteroatoms. The molecule has 2 aromatic carbocycles. The summed E-state index contributed by atoms with van der Waals surface area (Å²) in [4.78, 5) is 26.7. The number of fused-ring (bicyclic) bond motifs is 2. The third-order valence-electron chi connectivity index (χ3n) is 5.64. The Morgan fingerprint density at radius 2 is 1.61 bits per heavy atom. The number of aryl methyl sites for hydroxylation is 3. The molecule has 0 bridgehead atoms. The van der Waals surface area contributed by atoms with Gasteiger partial charge in [-0.2, -0.15) is 0 Å². The summed E-state index contributed by atoms with van der Waals surface area (Å²) < 4.78 is 2.01. The van der Waals surface area contributed by atoms with E-state index in [9.17, 15) is 9.59 Å². The van der Waals surface area contributed by atoms with Gasteiger partial charge in [-0.3, -0.25) is 14.5 Å². The predicted octanol–water partition coefficient (Wildman–Crippen LogP) is 3.91. The Balaban J connectivity index is 1.59. The number of carbonyl (C=O) groups excluding carboxylic acids is 2. The maximum Gasteiger partial charge on any atom is 0.242 e. The summed E-state index contributed by atoms with van der Waals surface area (Å²) in [5, 5.41) is 9.29. The first kappa shape index (κ1) is 23.0. The molecule has 7 nitrogen and oxygen atoms in total. The molecule has 0 radical (unpaired) electrons. The number of nitrogens with two attached hydrogens (primary N) is 1. The third kappa shape index (κ3) is 5.27. The Hall–Kier alpha value is -3.13. The van der Waals surface area contributed by atoms with Crippen molar-refractivity contribution in [1.29, 1.82) is 0 Å². The van der Waals surface area contributed by atoms with Crippen molar-refractivity contribution in [3.05, 3.63) is 65.5 Å². The van der Waals surface area contributed by atoms with Gasteiger partial charge < -0.3 is 10.3 Å². The van der Waals surface area contributed by atoms with E-state index in [0.717, 1.165) is 30.0 Å². The number of primary amides is 1. The van der Waals surface area contributed by atoms with E-state index in [1.807, 2.05) is 45.9 Å². The van der Waals surface area contributed by atoms with Crippen molar-refractivity contribution in [2.75, 3.05) is 10.7 Å². The van der Waals surface area contributed by atoms with Gasteiger partial charge in [-0.25, -0.2) is 0 Å². The molecule has 0 fully saturated rings. The maximum absolute atomic E-state index is 13.6. The molecule has 0 saturated heterocycles. The monoisotopic (exact) mass is 463 g/mol. The second-order valence-electron chi connectivity index (χ2n) is 8.64. The highest BCUT2D eigenvalue weighted by Gasteiger charge is 2.26. The zero-order valence-electron chi connectivity index (χ0n) is 19.0. The molecule has 2 heterocycles. The van der Waals surface area contributed by atoms with Crippen LogP contribution in [0.5, 0.6) is 0 Å². The minimum Gasteiger partial charge on any atom is -0.370 e. The van der Waals surface area contributed by atoms with Crippen LogP contribution in [0.3, 0.4) is 0 Å². The number of nitrogens with zero attached hydrogens (tertiary/aromatic N) is 4. The minimum absolute atomic E-state index is 0.000386. The summed E-state index contributed by atoms with van der Waals surface area (Å²) in [6, 6.07) is 16.2. The van der Waals surface area contributed by atoms with E-state index in [2.05, 4.69) is 36.2 Å². The topological polar surface area (TPSA) is 94.1 Å². The number of benzene rings is 2. The summed E-state index contributed by atoms with van der Waals surface area (Å²) in [6.45, 7) is 4.94. The predicted molar refractivity (Wildman–Crippen MR) is 131 cm³/mol. The Morgan fingerprint density at radius 3 is 2.18 bits per heavy atom. The summed E-state index contributed by atoms with van der Waals surface area (Å²) >= 11 is 1.38. The van der Waals surface area contributed by atoms with Crippen LogP contribution in [0.1, 0.15) is 37.2 Å². The molecule has 0 saturated carbocycles. The van der Waals surface area contributed by atoms with Crippen molar-refractivity contribution in [2.24, 2.45) is 11.7 Å². The fraction of sp³-hybridized carbons (Fsp3) is 0.360. The number of carbonyl (C=O) groups is 2. The summed E-state index contributed by atoms with van der Waals surface area (Å²) in [5.41, 5.74) is 9.55. The van der Waals surface area contributed by atoms with E-state index in [1.54, 1.807) is 0 Å². The molecule has 0 atom stereocenters. The number of anilines is 2. The van der Waals surface area contributed by atoms with E-state index in [4.69, 9.17) is 5.73 Å². The van der Waals surface area contributed by atoms with Crippen LogP contribution in [-0.2, 0) is 35.4 Å². The summed E-state index contributed by atoms with van der Waals surface area (Å²) in [6.07, 6.45) is 2.46. The lowest BCUT2D eigenvalue weighted by atomic mass is 10.0. The van der Waals surface area contributed by atoms with Gasteiger partial charge in [-0.1, -0.05) is 62.0 Å². The third-order valence-corrected chi connectivity index (χ3v) is 6.59. The van der Waals surface area contributed by atoms with Crippen molar-refractivity contribution in [2.45, 2.75) is 51.2 Å². The highest BCUT2D eigenvalue weighted by molar-refractivity contribution is 7.99. The largest absolute Gasteiger partial charge is 0.370 e. The highest BCUT2D eigenvalue weighted by Crippen LogP contribution is 2.36. The number of aromatic nitrogens is 3.